The lowest BCUT2D eigenvalue weighted by atomic mass is 10.0. The summed E-state index contributed by atoms with van der Waals surface area (Å²) < 4.78 is 22.0. The molecule has 0 aliphatic carbocycles. The van der Waals surface area contributed by atoms with Gasteiger partial charge in [0.25, 0.3) is 5.91 Å². The number of carbonyl (C=O) groups is 2. The highest BCUT2D eigenvalue weighted by molar-refractivity contribution is 5.98. The Kier molecular flexibility index (Phi) is 6.25. The molecule has 8 nitrogen and oxygen atoms in total. The Morgan fingerprint density at radius 3 is 2.44 bits per heavy atom. The monoisotopic (exact) mass is 439 g/mol. The van der Waals surface area contributed by atoms with Crippen LogP contribution >= 0.6 is 0 Å². The van der Waals surface area contributed by atoms with Crippen molar-refractivity contribution in [1.82, 2.24) is 24.6 Å². The van der Waals surface area contributed by atoms with E-state index in [1.807, 2.05) is 29.1 Å². The smallest absolute Gasteiger partial charge is 0.409 e. The number of amides is 2. The molecule has 0 spiro atoms. The highest BCUT2D eigenvalue weighted by atomic mass is 19.1. The molecule has 0 bridgehead atoms. The topological polar surface area (TPSA) is 81.4 Å². The van der Waals surface area contributed by atoms with Crippen molar-refractivity contribution in [2.75, 3.05) is 19.7 Å². The van der Waals surface area contributed by atoms with E-state index in [2.05, 4.69) is 10.4 Å². The number of nitrogens with one attached hydrogen (secondary N) is 1. The molecule has 1 fully saturated rings. The molecule has 4 rings (SSSR count). The summed E-state index contributed by atoms with van der Waals surface area (Å²) in [6, 6.07) is 9.66. The first-order valence-electron chi connectivity index (χ1n) is 10.7. The molecule has 9 heteroatoms. The first kappa shape index (κ1) is 21.6. The fourth-order valence-electron chi connectivity index (χ4n) is 3.94. The van der Waals surface area contributed by atoms with Gasteiger partial charge in [-0.05, 0) is 63.1 Å². The molecule has 1 aliphatic rings. The fraction of sp³-hybridized carbons (Fsp3) is 0.348. The highest BCUT2D eigenvalue weighted by Gasteiger charge is 2.28. The van der Waals surface area contributed by atoms with Crippen molar-refractivity contribution in [3.05, 3.63) is 65.9 Å². The maximum atomic E-state index is 13.4. The van der Waals surface area contributed by atoms with E-state index in [1.165, 1.54) is 12.1 Å². The predicted molar refractivity (Wildman–Crippen MR) is 117 cm³/mol. The van der Waals surface area contributed by atoms with Crippen LogP contribution < -0.4 is 5.32 Å². The summed E-state index contributed by atoms with van der Waals surface area (Å²) in [5, 5.41) is 7.68. The van der Waals surface area contributed by atoms with Crippen LogP contribution in [0.2, 0.25) is 0 Å². The average Bonchev–Trinajstić information content (AvgIpc) is 3.42. The first-order chi connectivity index (χ1) is 15.5. The molecule has 1 aliphatic heterocycles. The molecule has 1 N–H and O–H groups in total. The molecular formula is C23H26FN5O3. The third-order valence-corrected chi connectivity index (χ3v) is 5.54. The summed E-state index contributed by atoms with van der Waals surface area (Å²) in [5.74, 6) is 0.0157. The largest absolute Gasteiger partial charge is 0.450 e. The second kappa shape index (κ2) is 9.25. The van der Waals surface area contributed by atoms with Crippen LogP contribution in [0.25, 0.3) is 11.5 Å². The molecule has 0 unspecified atom stereocenters. The number of aromatic nitrogens is 3. The minimum absolute atomic E-state index is 0.0562. The van der Waals surface area contributed by atoms with Crippen molar-refractivity contribution >= 4 is 12.0 Å². The van der Waals surface area contributed by atoms with Crippen molar-refractivity contribution in [2.45, 2.75) is 32.7 Å². The summed E-state index contributed by atoms with van der Waals surface area (Å²) in [6.45, 7) is 4.96. The van der Waals surface area contributed by atoms with Gasteiger partial charge in [0.1, 0.15) is 11.4 Å². The molecule has 2 aromatic heterocycles. The molecule has 32 heavy (non-hydrogen) atoms. The molecule has 168 valence electrons. The summed E-state index contributed by atoms with van der Waals surface area (Å²) in [5.41, 5.74) is 1.68. The number of ether oxygens (including phenoxy) is 1. The number of carbonyl (C=O) groups excluding carboxylic acids is 2. The van der Waals surface area contributed by atoms with Crippen molar-refractivity contribution < 1.29 is 18.7 Å². The molecule has 2 amide bonds. The lowest BCUT2D eigenvalue weighted by molar-refractivity contribution is 0.0859. The van der Waals surface area contributed by atoms with Crippen LogP contribution in [0.1, 0.15) is 35.8 Å². The van der Waals surface area contributed by atoms with Gasteiger partial charge in [0.2, 0.25) is 0 Å². The zero-order valence-corrected chi connectivity index (χ0v) is 18.1. The number of aryl methyl sites for hydroxylation is 1. The number of piperidine rings is 1. The van der Waals surface area contributed by atoms with E-state index in [0.29, 0.717) is 55.3 Å². The molecule has 0 saturated carbocycles. The van der Waals surface area contributed by atoms with Gasteiger partial charge in [-0.3, -0.25) is 4.79 Å². The third kappa shape index (κ3) is 4.37. The van der Waals surface area contributed by atoms with Crippen LogP contribution in [0.3, 0.4) is 0 Å². The van der Waals surface area contributed by atoms with Crippen molar-refractivity contribution in [3.8, 4) is 11.5 Å². The second-order valence-corrected chi connectivity index (χ2v) is 7.70. The average molecular weight is 439 g/mol. The highest BCUT2D eigenvalue weighted by Crippen LogP contribution is 2.24. The SMILES string of the molecule is CCOC(=O)N1CCC(NC(=O)c2c(C)nn(-c3ccc(F)cc3)c2-n2cccc2)CC1. The summed E-state index contributed by atoms with van der Waals surface area (Å²) in [6.07, 6.45) is 4.66. The number of rotatable bonds is 5. The number of nitrogens with zero attached hydrogens (tertiary/aromatic N) is 4. The van der Waals surface area contributed by atoms with Crippen LogP contribution in [-0.4, -0.2) is 57.0 Å². The van der Waals surface area contributed by atoms with Gasteiger partial charge in [-0.15, -0.1) is 0 Å². The summed E-state index contributed by atoms with van der Waals surface area (Å²) in [7, 11) is 0. The molecule has 1 aromatic carbocycles. The number of hydrogen-bond donors (Lipinski definition) is 1. The Morgan fingerprint density at radius 1 is 1.16 bits per heavy atom. The van der Waals surface area contributed by atoms with E-state index in [-0.39, 0.29) is 23.9 Å². The van der Waals surface area contributed by atoms with E-state index in [0.717, 1.165) is 0 Å². The van der Waals surface area contributed by atoms with Crippen molar-refractivity contribution in [3.63, 3.8) is 0 Å². The predicted octanol–water partition coefficient (Wildman–Crippen LogP) is 3.46. The molecule has 3 heterocycles. The van der Waals surface area contributed by atoms with Gasteiger partial charge in [0.15, 0.2) is 5.82 Å². The maximum Gasteiger partial charge on any atom is 0.409 e. The summed E-state index contributed by atoms with van der Waals surface area (Å²) >= 11 is 0. The zero-order valence-electron chi connectivity index (χ0n) is 18.1. The van der Waals surface area contributed by atoms with E-state index < -0.39 is 0 Å². The Balaban J connectivity index is 1.58. The standard InChI is InChI=1S/C23H26FN5O3/c1-3-32-23(31)28-14-10-18(11-15-28)25-21(30)20-16(2)26-29(19-8-6-17(24)7-9-19)22(20)27-12-4-5-13-27/h4-9,12-13,18H,3,10-11,14-15H2,1-2H3,(H,25,30). The zero-order chi connectivity index (χ0) is 22.7. The van der Waals surface area contributed by atoms with E-state index in [9.17, 15) is 14.0 Å². The lowest BCUT2D eigenvalue weighted by Crippen LogP contribution is -2.46. The molecule has 0 atom stereocenters. The Hall–Kier alpha value is -3.62. The number of halogens is 1. The van der Waals surface area contributed by atoms with Crippen molar-refractivity contribution in [1.29, 1.82) is 0 Å². The van der Waals surface area contributed by atoms with Crippen LogP contribution in [0, 0.1) is 12.7 Å². The van der Waals surface area contributed by atoms with Gasteiger partial charge >= 0.3 is 6.09 Å². The quantitative estimate of drug-likeness (QED) is 0.660. The van der Waals surface area contributed by atoms with E-state index in [4.69, 9.17) is 4.74 Å². The number of hydrogen-bond acceptors (Lipinski definition) is 4. The van der Waals surface area contributed by atoms with Gasteiger partial charge in [-0.1, -0.05) is 0 Å². The second-order valence-electron chi connectivity index (χ2n) is 7.70. The van der Waals surface area contributed by atoms with Gasteiger partial charge < -0.3 is 19.5 Å². The normalized spacial score (nSPS) is 14.4. The minimum atomic E-state index is -0.340. The molecular weight excluding hydrogens is 413 g/mol. The maximum absolute atomic E-state index is 13.4. The fourth-order valence-corrected chi connectivity index (χ4v) is 3.94. The van der Waals surface area contributed by atoms with Crippen LogP contribution in [0.4, 0.5) is 9.18 Å². The van der Waals surface area contributed by atoms with Crippen LogP contribution in [-0.2, 0) is 4.74 Å². The van der Waals surface area contributed by atoms with Gasteiger partial charge in [0.05, 0.1) is 18.0 Å². The Bertz CT molecular complexity index is 1080. The Morgan fingerprint density at radius 2 is 1.81 bits per heavy atom. The van der Waals surface area contributed by atoms with Crippen LogP contribution in [0.15, 0.2) is 48.8 Å². The molecule has 1 saturated heterocycles. The summed E-state index contributed by atoms with van der Waals surface area (Å²) in [4.78, 5) is 26.9. The number of likely N-dealkylation sites (tertiary alicyclic amines) is 1. The van der Waals surface area contributed by atoms with Crippen molar-refractivity contribution in [2.24, 2.45) is 0 Å². The van der Waals surface area contributed by atoms with Crippen LogP contribution in [0.5, 0.6) is 0 Å². The van der Waals surface area contributed by atoms with E-state index >= 15 is 0 Å². The van der Waals surface area contributed by atoms with Gasteiger partial charge in [-0.2, -0.15) is 5.10 Å². The molecule has 0 radical (unpaired) electrons. The number of benzene rings is 1. The van der Waals surface area contributed by atoms with Gasteiger partial charge in [-0.25, -0.2) is 13.9 Å². The third-order valence-electron chi connectivity index (χ3n) is 5.54. The lowest BCUT2D eigenvalue weighted by Gasteiger charge is -2.31. The molecule has 3 aromatic rings. The van der Waals surface area contributed by atoms with E-state index in [1.54, 1.807) is 35.6 Å². The van der Waals surface area contributed by atoms with Gasteiger partial charge in [0, 0.05) is 31.5 Å². The first-order valence-corrected chi connectivity index (χ1v) is 10.7. The minimum Gasteiger partial charge on any atom is -0.450 e. The Labute approximate surface area is 185 Å².